The molecule has 2 N–H and O–H groups in total. The maximum atomic E-state index is 12.2. The van der Waals surface area contributed by atoms with Crippen molar-refractivity contribution in [2.45, 2.75) is 26.8 Å². The van der Waals surface area contributed by atoms with Crippen LogP contribution in [-0.2, 0) is 16.1 Å². The van der Waals surface area contributed by atoms with Gasteiger partial charge in [0.25, 0.3) is 0 Å². The second kappa shape index (κ2) is 9.62. The van der Waals surface area contributed by atoms with Gasteiger partial charge in [0, 0.05) is 26.3 Å². The molecule has 27 heavy (non-hydrogen) atoms. The van der Waals surface area contributed by atoms with Crippen molar-refractivity contribution in [1.82, 2.24) is 5.32 Å². The van der Waals surface area contributed by atoms with Crippen LogP contribution in [0.3, 0.4) is 0 Å². The Morgan fingerprint density at radius 3 is 2.37 bits per heavy atom. The summed E-state index contributed by atoms with van der Waals surface area (Å²) in [6, 6.07) is 13.2. The van der Waals surface area contributed by atoms with E-state index in [0.29, 0.717) is 18.0 Å². The van der Waals surface area contributed by atoms with Crippen LogP contribution in [-0.4, -0.2) is 32.5 Å². The second-order valence-electron chi connectivity index (χ2n) is 6.55. The minimum Gasteiger partial charge on any atom is -0.491 e. The van der Waals surface area contributed by atoms with Crippen LogP contribution in [0.2, 0.25) is 0 Å². The van der Waals surface area contributed by atoms with E-state index in [9.17, 15) is 9.59 Å². The molecule has 0 aliphatic heterocycles. The van der Waals surface area contributed by atoms with E-state index in [2.05, 4.69) is 10.6 Å². The van der Waals surface area contributed by atoms with E-state index in [1.807, 2.05) is 69.2 Å². The third-order valence-electron chi connectivity index (χ3n) is 3.96. The lowest BCUT2D eigenvalue weighted by molar-refractivity contribution is -0.136. The molecule has 144 valence electrons. The number of rotatable bonds is 7. The van der Waals surface area contributed by atoms with Gasteiger partial charge in [-0.05, 0) is 48.7 Å². The molecule has 0 radical (unpaired) electrons. The number of amides is 2. The smallest absolute Gasteiger partial charge is 0.313 e. The topological polar surface area (TPSA) is 70.7 Å². The fourth-order valence-electron chi connectivity index (χ4n) is 2.42. The van der Waals surface area contributed by atoms with E-state index < -0.39 is 11.8 Å². The Labute approximate surface area is 160 Å². The van der Waals surface area contributed by atoms with Crippen LogP contribution in [0.1, 0.15) is 24.5 Å². The molecule has 2 amide bonds. The van der Waals surface area contributed by atoms with Gasteiger partial charge in [-0.3, -0.25) is 9.59 Å². The van der Waals surface area contributed by atoms with E-state index >= 15 is 0 Å². The quantitative estimate of drug-likeness (QED) is 0.736. The standard InChI is InChI=1S/C21H27N3O3/c1-5-12-27-19-13-15(2)6-11-18(19)23-21(26)20(25)22-14-16-7-9-17(10-8-16)24(3)4/h6-11,13H,5,12,14H2,1-4H3,(H,22,25)(H,23,26). The summed E-state index contributed by atoms with van der Waals surface area (Å²) in [6.45, 7) is 4.78. The third kappa shape index (κ3) is 6.02. The number of nitrogens with one attached hydrogen (secondary N) is 2. The number of carbonyl (C=O) groups is 2. The molecular formula is C21H27N3O3. The van der Waals surface area contributed by atoms with Crippen molar-refractivity contribution in [1.29, 1.82) is 0 Å². The van der Waals surface area contributed by atoms with Crippen LogP contribution in [0.25, 0.3) is 0 Å². The lowest BCUT2D eigenvalue weighted by Crippen LogP contribution is -2.35. The van der Waals surface area contributed by atoms with E-state index in [1.165, 1.54) is 0 Å². The number of hydrogen-bond donors (Lipinski definition) is 2. The molecule has 0 bridgehead atoms. The van der Waals surface area contributed by atoms with Gasteiger partial charge >= 0.3 is 11.8 Å². The van der Waals surface area contributed by atoms with Gasteiger partial charge in [0.2, 0.25) is 0 Å². The highest BCUT2D eigenvalue weighted by molar-refractivity contribution is 6.39. The molecule has 6 heteroatoms. The Kier molecular flexibility index (Phi) is 7.23. The molecular weight excluding hydrogens is 342 g/mol. The average molecular weight is 369 g/mol. The van der Waals surface area contributed by atoms with Crippen molar-refractivity contribution in [3.8, 4) is 5.75 Å². The zero-order chi connectivity index (χ0) is 19.8. The zero-order valence-corrected chi connectivity index (χ0v) is 16.3. The molecule has 0 saturated heterocycles. The Morgan fingerprint density at radius 1 is 1.04 bits per heavy atom. The van der Waals surface area contributed by atoms with E-state index in [1.54, 1.807) is 6.07 Å². The molecule has 0 fully saturated rings. The fraction of sp³-hybridized carbons (Fsp3) is 0.333. The number of benzene rings is 2. The van der Waals surface area contributed by atoms with Crippen LogP contribution in [0.4, 0.5) is 11.4 Å². The summed E-state index contributed by atoms with van der Waals surface area (Å²) in [6.07, 6.45) is 0.856. The SMILES string of the molecule is CCCOc1cc(C)ccc1NC(=O)C(=O)NCc1ccc(N(C)C)cc1. The second-order valence-corrected chi connectivity index (χ2v) is 6.55. The first-order valence-corrected chi connectivity index (χ1v) is 8.99. The van der Waals surface area contributed by atoms with Crippen molar-refractivity contribution in [3.63, 3.8) is 0 Å². The monoisotopic (exact) mass is 369 g/mol. The molecule has 2 aromatic carbocycles. The zero-order valence-electron chi connectivity index (χ0n) is 16.3. The number of anilines is 2. The Bertz CT molecular complexity index is 786. The molecule has 0 unspecified atom stereocenters. The minimum atomic E-state index is -0.717. The normalized spacial score (nSPS) is 10.2. The first kappa shape index (κ1) is 20.3. The van der Waals surface area contributed by atoms with Gasteiger partial charge in [0.1, 0.15) is 5.75 Å². The summed E-state index contributed by atoms with van der Waals surface area (Å²) in [4.78, 5) is 26.3. The minimum absolute atomic E-state index is 0.285. The Morgan fingerprint density at radius 2 is 1.74 bits per heavy atom. The van der Waals surface area contributed by atoms with Crippen LogP contribution in [0.15, 0.2) is 42.5 Å². The van der Waals surface area contributed by atoms with Crippen LogP contribution in [0, 0.1) is 6.92 Å². The van der Waals surface area contributed by atoms with Gasteiger partial charge in [-0.2, -0.15) is 0 Å². The van der Waals surface area contributed by atoms with Crippen LogP contribution in [0.5, 0.6) is 5.75 Å². The molecule has 2 aromatic rings. The maximum absolute atomic E-state index is 12.2. The van der Waals surface area contributed by atoms with E-state index in [-0.39, 0.29) is 6.54 Å². The highest BCUT2D eigenvalue weighted by Gasteiger charge is 2.16. The third-order valence-corrected chi connectivity index (χ3v) is 3.96. The van der Waals surface area contributed by atoms with Crippen LogP contribution < -0.4 is 20.3 Å². The molecule has 0 aliphatic carbocycles. The summed E-state index contributed by atoms with van der Waals surface area (Å²) >= 11 is 0. The number of ether oxygens (including phenoxy) is 1. The highest BCUT2D eigenvalue weighted by atomic mass is 16.5. The lowest BCUT2D eigenvalue weighted by Gasteiger charge is -2.14. The van der Waals surface area contributed by atoms with Crippen molar-refractivity contribution in [2.75, 3.05) is 30.9 Å². The molecule has 0 heterocycles. The molecule has 0 atom stereocenters. The van der Waals surface area contributed by atoms with Gasteiger partial charge in [0.05, 0.1) is 12.3 Å². The van der Waals surface area contributed by atoms with Crippen molar-refractivity contribution in [3.05, 3.63) is 53.6 Å². The predicted molar refractivity (Wildman–Crippen MR) is 108 cm³/mol. The first-order chi connectivity index (χ1) is 12.9. The highest BCUT2D eigenvalue weighted by Crippen LogP contribution is 2.26. The molecule has 0 aromatic heterocycles. The van der Waals surface area contributed by atoms with Gasteiger partial charge in [-0.1, -0.05) is 25.1 Å². The molecule has 0 saturated carbocycles. The van der Waals surface area contributed by atoms with Crippen LogP contribution >= 0.6 is 0 Å². The van der Waals surface area contributed by atoms with Gasteiger partial charge in [-0.25, -0.2) is 0 Å². The number of hydrogen-bond acceptors (Lipinski definition) is 4. The van der Waals surface area contributed by atoms with E-state index in [4.69, 9.17) is 4.74 Å². The lowest BCUT2D eigenvalue weighted by atomic mass is 10.2. The summed E-state index contributed by atoms with van der Waals surface area (Å²) < 4.78 is 5.66. The van der Waals surface area contributed by atoms with Gasteiger partial charge < -0.3 is 20.3 Å². The van der Waals surface area contributed by atoms with Crippen molar-refractivity contribution < 1.29 is 14.3 Å². The first-order valence-electron chi connectivity index (χ1n) is 8.99. The molecule has 0 aliphatic rings. The summed E-state index contributed by atoms with van der Waals surface area (Å²) in [7, 11) is 3.93. The summed E-state index contributed by atoms with van der Waals surface area (Å²) in [5.74, 6) is -0.837. The molecule has 6 nitrogen and oxygen atoms in total. The van der Waals surface area contributed by atoms with Gasteiger partial charge in [-0.15, -0.1) is 0 Å². The number of nitrogens with zero attached hydrogens (tertiary/aromatic N) is 1. The number of carbonyl (C=O) groups excluding carboxylic acids is 2. The predicted octanol–water partition coefficient (Wildman–Crippen LogP) is 3.10. The fourth-order valence-corrected chi connectivity index (χ4v) is 2.42. The average Bonchev–Trinajstić information content (AvgIpc) is 2.66. The van der Waals surface area contributed by atoms with Crippen molar-refractivity contribution >= 4 is 23.2 Å². The van der Waals surface area contributed by atoms with E-state index in [0.717, 1.165) is 23.2 Å². The number of aryl methyl sites for hydroxylation is 1. The van der Waals surface area contributed by atoms with Crippen molar-refractivity contribution in [2.24, 2.45) is 0 Å². The Balaban J connectivity index is 1.94. The summed E-state index contributed by atoms with van der Waals surface area (Å²) in [5.41, 5.74) is 3.50. The molecule has 0 spiro atoms. The molecule has 2 rings (SSSR count). The summed E-state index contributed by atoms with van der Waals surface area (Å²) in [5, 5.41) is 5.26. The van der Waals surface area contributed by atoms with Gasteiger partial charge in [0.15, 0.2) is 0 Å². The largest absolute Gasteiger partial charge is 0.491 e. The Hall–Kier alpha value is -3.02. The maximum Gasteiger partial charge on any atom is 0.313 e.